The van der Waals surface area contributed by atoms with Gasteiger partial charge in [0.1, 0.15) is 5.75 Å². The van der Waals surface area contributed by atoms with Crippen molar-refractivity contribution in [2.75, 3.05) is 20.3 Å². The van der Waals surface area contributed by atoms with Crippen molar-refractivity contribution < 1.29 is 19.0 Å². The van der Waals surface area contributed by atoms with Crippen molar-refractivity contribution in [2.45, 2.75) is 27.3 Å². The van der Waals surface area contributed by atoms with Crippen LogP contribution in [0.2, 0.25) is 0 Å². The number of hydrogen-bond donors (Lipinski definition) is 0. The van der Waals surface area contributed by atoms with Crippen molar-refractivity contribution in [3.63, 3.8) is 0 Å². The van der Waals surface area contributed by atoms with Gasteiger partial charge in [-0.2, -0.15) is 5.10 Å². The molecule has 0 unspecified atom stereocenters. The van der Waals surface area contributed by atoms with Crippen LogP contribution in [0.4, 0.5) is 0 Å². The summed E-state index contributed by atoms with van der Waals surface area (Å²) < 4.78 is 17.3. The average Bonchev–Trinajstić information content (AvgIpc) is 2.92. The van der Waals surface area contributed by atoms with Crippen LogP contribution in [-0.2, 0) is 16.0 Å². The van der Waals surface area contributed by atoms with E-state index < -0.39 is 5.97 Å². The molecule has 0 spiro atoms. The van der Waals surface area contributed by atoms with E-state index in [0.29, 0.717) is 25.5 Å². The van der Waals surface area contributed by atoms with Crippen LogP contribution in [0, 0.1) is 6.92 Å². The molecule has 0 fully saturated rings. The maximum absolute atomic E-state index is 12.1. The summed E-state index contributed by atoms with van der Waals surface area (Å²) in [4.78, 5) is 12.1. The minimum absolute atomic E-state index is 0.313. The number of carbonyl (C=O) groups is 1. The first kappa shape index (κ1) is 18.6. The third-order valence-electron chi connectivity index (χ3n) is 3.69. The molecule has 0 amide bonds. The van der Waals surface area contributed by atoms with Crippen molar-refractivity contribution in [3.8, 4) is 5.75 Å². The van der Waals surface area contributed by atoms with Crippen molar-refractivity contribution in [3.05, 3.63) is 53.0 Å². The van der Waals surface area contributed by atoms with Gasteiger partial charge in [-0.15, -0.1) is 0 Å². The summed E-state index contributed by atoms with van der Waals surface area (Å²) >= 11 is 0. The Morgan fingerprint density at radius 1 is 1.20 bits per heavy atom. The Balaban J connectivity index is 2.35. The smallest absolute Gasteiger partial charge is 0.359 e. The van der Waals surface area contributed by atoms with E-state index in [-0.39, 0.29) is 0 Å². The van der Waals surface area contributed by atoms with Gasteiger partial charge in [-0.25, -0.2) is 4.79 Å². The fourth-order valence-electron chi connectivity index (χ4n) is 2.40. The van der Waals surface area contributed by atoms with Crippen molar-refractivity contribution in [1.82, 2.24) is 9.78 Å². The SMILES string of the molecule is CCO/C=C/c1c(C)c(C(=O)OCC)nn1Cc1ccc(OC)cc1. The Bertz CT molecular complexity index is 733. The van der Waals surface area contributed by atoms with Gasteiger partial charge in [0.25, 0.3) is 0 Å². The summed E-state index contributed by atoms with van der Waals surface area (Å²) in [7, 11) is 1.63. The number of carbonyl (C=O) groups excluding carboxylic acids is 1. The summed E-state index contributed by atoms with van der Waals surface area (Å²) in [5.41, 5.74) is 2.95. The predicted octanol–water partition coefficient (Wildman–Crippen LogP) is 3.43. The Hall–Kier alpha value is -2.76. The zero-order valence-electron chi connectivity index (χ0n) is 15.1. The standard InChI is InChI=1S/C19H24N2O4/c1-5-24-12-11-17-14(3)18(19(22)25-6-2)20-21(17)13-15-7-9-16(23-4)10-8-15/h7-12H,5-6,13H2,1-4H3/b12-11+. The molecule has 6 nitrogen and oxygen atoms in total. The summed E-state index contributed by atoms with van der Waals surface area (Å²) in [6.45, 7) is 6.96. The minimum atomic E-state index is -0.417. The van der Waals surface area contributed by atoms with E-state index >= 15 is 0 Å². The second kappa shape index (κ2) is 8.92. The van der Waals surface area contributed by atoms with Crippen LogP contribution in [0.25, 0.3) is 6.08 Å². The van der Waals surface area contributed by atoms with Gasteiger partial charge in [-0.3, -0.25) is 4.68 Å². The van der Waals surface area contributed by atoms with Crippen molar-refractivity contribution >= 4 is 12.0 Å². The molecule has 0 aliphatic carbocycles. The number of hydrogen-bond acceptors (Lipinski definition) is 5. The fraction of sp³-hybridized carbons (Fsp3) is 0.368. The number of benzene rings is 1. The molecule has 2 rings (SSSR count). The molecule has 0 saturated heterocycles. The summed E-state index contributed by atoms with van der Waals surface area (Å²) in [6, 6.07) is 7.73. The minimum Gasteiger partial charge on any atom is -0.501 e. The molecule has 2 aromatic rings. The monoisotopic (exact) mass is 344 g/mol. The molecular weight excluding hydrogens is 320 g/mol. The fourth-order valence-corrected chi connectivity index (χ4v) is 2.40. The lowest BCUT2D eigenvalue weighted by Crippen LogP contribution is -2.09. The highest BCUT2D eigenvalue weighted by Gasteiger charge is 2.20. The maximum Gasteiger partial charge on any atom is 0.359 e. The molecule has 0 atom stereocenters. The van der Waals surface area contributed by atoms with Crippen LogP contribution in [0.3, 0.4) is 0 Å². The molecule has 0 saturated carbocycles. The van der Waals surface area contributed by atoms with E-state index in [1.54, 1.807) is 25.0 Å². The highest BCUT2D eigenvalue weighted by Crippen LogP contribution is 2.19. The summed E-state index contributed by atoms with van der Waals surface area (Å²) in [5, 5.41) is 4.45. The van der Waals surface area contributed by atoms with Gasteiger partial charge in [0, 0.05) is 5.56 Å². The van der Waals surface area contributed by atoms with E-state index in [0.717, 1.165) is 22.6 Å². The van der Waals surface area contributed by atoms with Crippen LogP contribution in [-0.4, -0.2) is 36.1 Å². The molecule has 0 radical (unpaired) electrons. The summed E-state index contributed by atoms with van der Waals surface area (Å²) in [5.74, 6) is 0.378. The highest BCUT2D eigenvalue weighted by atomic mass is 16.5. The molecule has 1 heterocycles. The first-order valence-corrected chi connectivity index (χ1v) is 8.26. The molecule has 1 aromatic carbocycles. The van der Waals surface area contributed by atoms with Gasteiger partial charge < -0.3 is 14.2 Å². The Morgan fingerprint density at radius 3 is 2.52 bits per heavy atom. The van der Waals surface area contributed by atoms with Gasteiger partial charge >= 0.3 is 5.97 Å². The zero-order valence-corrected chi connectivity index (χ0v) is 15.1. The number of ether oxygens (including phenoxy) is 3. The third kappa shape index (κ3) is 4.62. The lowest BCUT2D eigenvalue weighted by Gasteiger charge is -2.07. The van der Waals surface area contributed by atoms with Gasteiger partial charge in [0.05, 0.1) is 38.8 Å². The van der Waals surface area contributed by atoms with E-state index in [1.807, 2.05) is 44.2 Å². The number of aromatic nitrogens is 2. The largest absolute Gasteiger partial charge is 0.501 e. The molecule has 0 N–H and O–H groups in total. The molecule has 0 aliphatic heterocycles. The predicted molar refractivity (Wildman–Crippen MR) is 95.7 cm³/mol. The second-order valence-corrected chi connectivity index (χ2v) is 5.34. The molecular formula is C19H24N2O4. The second-order valence-electron chi connectivity index (χ2n) is 5.34. The zero-order chi connectivity index (χ0) is 18.2. The van der Waals surface area contributed by atoms with Crippen LogP contribution in [0.1, 0.15) is 41.2 Å². The van der Waals surface area contributed by atoms with Gasteiger partial charge in [0.2, 0.25) is 0 Å². The van der Waals surface area contributed by atoms with E-state index in [4.69, 9.17) is 14.2 Å². The molecule has 1 aromatic heterocycles. The lowest BCUT2D eigenvalue weighted by molar-refractivity contribution is 0.0517. The van der Waals surface area contributed by atoms with E-state index in [2.05, 4.69) is 5.10 Å². The number of nitrogens with zero attached hydrogens (tertiary/aromatic N) is 2. The third-order valence-corrected chi connectivity index (χ3v) is 3.69. The topological polar surface area (TPSA) is 62.6 Å². The number of esters is 1. The average molecular weight is 344 g/mol. The first-order valence-electron chi connectivity index (χ1n) is 8.26. The van der Waals surface area contributed by atoms with Gasteiger partial charge in [-0.1, -0.05) is 12.1 Å². The molecule has 0 aliphatic rings. The van der Waals surface area contributed by atoms with Crippen LogP contribution >= 0.6 is 0 Å². The van der Waals surface area contributed by atoms with Gasteiger partial charge in [-0.05, 0) is 44.5 Å². The molecule has 134 valence electrons. The normalized spacial score (nSPS) is 10.9. The maximum atomic E-state index is 12.1. The lowest BCUT2D eigenvalue weighted by atomic mass is 10.2. The Labute approximate surface area is 148 Å². The highest BCUT2D eigenvalue weighted by molar-refractivity contribution is 5.89. The molecule has 6 heteroatoms. The quantitative estimate of drug-likeness (QED) is 0.542. The van der Waals surface area contributed by atoms with E-state index in [1.165, 1.54) is 0 Å². The van der Waals surface area contributed by atoms with Crippen LogP contribution in [0.15, 0.2) is 30.5 Å². The van der Waals surface area contributed by atoms with Crippen LogP contribution < -0.4 is 4.74 Å². The number of rotatable bonds is 8. The first-order chi connectivity index (χ1) is 12.1. The number of methoxy groups -OCH3 is 1. The summed E-state index contributed by atoms with van der Waals surface area (Å²) in [6.07, 6.45) is 3.43. The van der Waals surface area contributed by atoms with Crippen molar-refractivity contribution in [2.24, 2.45) is 0 Å². The molecule has 0 bridgehead atoms. The van der Waals surface area contributed by atoms with E-state index in [9.17, 15) is 4.79 Å². The van der Waals surface area contributed by atoms with Crippen LogP contribution in [0.5, 0.6) is 5.75 Å². The Morgan fingerprint density at radius 2 is 1.92 bits per heavy atom. The van der Waals surface area contributed by atoms with Crippen molar-refractivity contribution in [1.29, 1.82) is 0 Å². The Kier molecular flexibility index (Phi) is 6.62. The molecule has 25 heavy (non-hydrogen) atoms. The van der Waals surface area contributed by atoms with Gasteiger partial charge in [0.15, 0.2) is 5.69 Å².